The highest BCUT2D eigenvalue weighted by atomic mass is 16.6. The second kappa shape index (κ2) is 6.51. The fourth-order valence-electron chi connectivity index (χ4n) is 3.03. The van der Waals surface area contributed by atoms with Gasteiger partial charge in [-0.1, -0.05) is 12.1 Å². The van der Waals surface area contributed by atoms with Crippen LogP contribution in [0.3, 0.4) is 0 Å². The molecule has 0 fully saturated rings. The van der Waals surface area contributed by atoms with Gasteiger partial charge in [0.1, 0.15) is 19.0 Å². The summed E-state index contributed by atoms with van der Waals surface area (Å²) in [6, 6.07) is 11.4. The van der Waals surface area contributed by atoms with Gasteiger partial charge in [-0.3, -0.25) is 5.10 Å². The van der Waals surface area contributed by atoms with E-state index in [4.69, 9.17) is 24.7 Å². The number of aromatic nitrogens is 2. The van der Waals surface area contributed by atoms with Gasteiger partial charge in [0.05, 0.1) is 25.5 Å². The van der Waals surface area contributed by atoms with Gasteiger partial charge in [-0.25, -0.2) is 0 Å². The summed E-state index contributed by atoms with van der Waals surface area (Å²) in [5, 5.41) is 7.21. The minimum Gasteiger partial charge on any atom is -0.497 e. The molecule has 134 valence electrons. The summed E-state index contributed by atoms with van der Waals surface area (Å²) in [5.41, 5.74) is 9.50. The summed E-state index contributed by atoms with van der Waals surface area (Å²) in [6.07, 6.45) is 0. The number of benzene rings is 2. The van der Waals surface area contributed by atoms with E-state index in [1.54, 1.807) is 14.2 Å². The highest BCUT2D eigenvalue weighted by molar-refractivity contribution is 5.89. The summed E-state index contributed by atoms with van der Waals surface area (Å²) >= 11 is 0. The fraction of sp³-hybridized carbons (Fsp3) is 0.211. The molecule has 1 aliphatic rings. The largest absolute Gasteiger partial charge is 0.497 e. The van der Waals surface area contributed by atoms with Crippen LogP contribution in [-0.2, 0) is 0 Å². The zero-order chi connectivity index (χ0) is 18.1. The van der Waals surface area contributed by atoms with Gasteiger partial charge in [0.15, 0.2) is 17.3 Å². The predicted octanol–water partition coefficient (Wildman–Crippen LogP) is 3.11. The van der Waals surface area contributed by atoms with E-state index in [9.17, 15) is 0 Å². The Kier molecular flexibility index (Phi) is 4.04. The molecule has 3 aromatic rings. The second-order valence-corrected chi connectivity index (χ2v) is 5.79. The Bertz CT molecular complexity index is 917. The van der Waals surface area contributed by atoms with Gasteiger partial charge in [-0.2, -0.15) is 5.10 Å². The molecule has 7 nitrogen and oxygen atoms in total. The molecular formula is C19H19N3O4. The SMILES string of the molecule is COc1ccc(-c2c(N)n[nH]c2-c2cc(OC)c3c(c2)OCCO3)cc1. The third-order valence-corrected chi connectivity index (χ3v) is 4.29. The van der Waals surface area contributed by atoms with Gasteiger partial charge in [-0.05, 0) is 29.8 Å². The van der Waals surface area contributed by atoms with Crippen molar-refractivity contribution in [3.8, 4) is 45.4 Å². The Balaban J connectivity index is 1.84. The van der Waals surface area contributed by atoms with Crippen LogP contribution in [-0.4, -0.2) is 37.6 Å². The number of methoxy groups -OCH3 is 2. The van der Waals surface area contributed by atoms with Crippen molar-refractivity contribution < 1.29 is 18.9 Å². The van der Waals surface area contributed by atoms with Gasteiger partial charge in [0.25, 0.3) is 0 Å². The number of rotatable bonds is 4. The van der Waals surface area contributed by atoms with Crippen LogP contribution in [0.1, 0.15) is 0 Å². The summed E-state index contributed by atoms with van der Waals surface area (Å²) in [7, 11) is 3.23. The van der Waals surface area contributed by atoms with Crippen LogP contribution < -0.4 is 24.7 Å². The molecule has 2 aromatic carbocycles. The van der Waals surface area contributed by atoms with Crippen LogP contribution in [0.25, 0.3) is 22.4 Å². The van der Waals surface area contributed by atoms with Crippen molar-refractivity contribution in [2.75, 3.05) is 33.2 Å². The lowest BCUT2D eigenvalue weighted by Crippen LogP contribution is -2.16. The Morgan fingerprint density at radius 1 is 1.00 bits per heavy atom. The van der Waals surface area contributed by atoms with Crippen LogP contribution in [0.2, 0.25) is 0 Å². The quantitative estimate of drug-likeness (QED) is 0.749. The van der Waals surface area contributed by atoms with E-state index < -0.39 is 0 Å². The number of nitrogens with one attached hydrogen (secondary N) is 1. The predicted molar refractivity (Wildman–Crippen MR) is 98.0 cm³/mol. The molecule has 26 heavy (non-hydrogen) atoms. The van der Waals surface area contributed by atoms with E-state index >= 15 is 0 Å². The van der Waals surface area contributed by atoms with E-state index in [-0.39, 0.29) is 0 Å². The third-order valence-electron chi connectivity index (χ3n) is 4.29. The first-order valence-corrected chi connectivity index (χ1v) is 8.17. The molecule has 1 aromatic heterocycles. The van der Waals surface area contributed by atoms with Crippen LogP contribution in [0, 0.1) is 0 Å². The molecule has 0 aliphatic carbocycles. The number of aromatic amines is 1. The Morgan fingerprint density at radius 2 is 1.77 bits per heavy atom. The van der Waals surface area contributed by atoms with Gasteiger partial charge in [0.2, 0.25) is 5.75 Å². The van der Waals surface area contributed by atoms with Crippen molar-refractivity contribution in [2.45, 2.75) is 0 Å². The number of nitrogens with two attached hydrogens (primary N) is 1. The van der Waals surface area contributed by atoms with Crippen molar-refractivity contribution in [3.05, 3.63) is 36.4 Å². The Morgan fingerprint density at radius 3 is 2.50 bits per heavy atom. The lowest BCUT2D eigenvalue weighted by molar-refractivity contribution is 0.165. The minimum absolute atomic E-state index is 0.416. The van der Waals surface area contributed by atoms with Crippen molar-refractivity contribution >= 4 is 5.82 Å². The molecule has 0 spiro atoms. The maximum atomic E-state index is 6.13. The van der Waals surface area contributed by atoms with Gasteiger partial charge in [-0.15, -0.1) is 0 Å². The molecule has 4 rings (SSSR count). The van der Waals surface area contributed by atoms with Crippen LogP contribution >= 0.6 is 0 Å². The van der Waals surface area contributed by atoms with Crippen LogP contribution in [0.5, 0.6) is 23.0 Å². The second-order valence-electron chi connectivity index (χ2n) is 5.79. The van der Waals surface area contributed by atoms with E-state index in [1.807, 2.05) is 36.4 Å². The monoisotopic (exact) mass is 353 g/mol. The van der Waals surface area contributed by atoms with Gasteiger partial charge in [0, 0.05) is 5.56 Å². The zero-order valence-electron chi connectivity index (χ0n) is 14.5. The topological polar surface area (TPSA) is 91.6 Å². The molecule has 0 bridgehead atoms. The normalized spacial score (nSPS) is 12.7. The van der Waals surface area contributed by atoms with Gasteiger partial charge < -0.3 is 24.7 Å². The number of nitrogen functional groups attached to an aromatic ring is 1. The van der Waals surface area contributed by atoms with Gasteiger partial charge >= 0.3 is 0 Å². The van der Waals surface area contributed by atoms with Crippen molar-refractivity contribution in [3.63, 3.8) is 0 Å². The standard InChI is InChI=1S/C19H19N3O4/c1-23-13-5-3-11(4-6-13)16-17(21-22-19(16)20)12-9-14(24-2)18-15(10-12)25-7-8-26-18/h3-6,9-10H,7-8H2,1-2H3,(H3,20,21,22). The number of ether oxygens (including phenoxy) is 4. The zero-order valence-corrected chi connectivity index (χ0v) is 14.5. The summed E-state index contributed by atoms with van der Waals surface area (Å²) in [6.45, 7) is 0.993. The average molecular weight is 353 g/mol. The van der Waals surface area contributed by atoms with Crippen molar-refractivity contribution in [2.24, 2.45) is 0 Å². The fourth-order valence-corrected chi connectivity index (χ4v) is 3.03. The number of nitrogens with zero attached hydrogens (tertiary/aromatic N) is 1. The summed E-state index contributed by atoms with van der Waals surface area (Å²) < 4.78 is 22.1. The molecule has 2 heterocycles. The molecule has 3 N–H and O–H groups in total. The number of H-pyrrole nitrogens is 1. The van der Waals surface area contributed by atoms with Crippen LogP contribution in [0.15, 0.2) is 36.4 Å². The first-order chi connectivity index (χ1) is 12.7. The van der Waals surface area contributed by atoms with E-state index in [0.29, 0.717) is 36.3 Å². The number of hydrogen-bond acceptors (Lipinski definition) is 6. The Labute approximate surface area is 150 Å². The summed E-state index contributed by atoms with van der Waals surface area (Å²) in [5.74, 6) is 3.05. The van der Waals surface area contributed by atoms with Crippen molar-refractivity contribution in [1.82, 2.24) is 10.2 Å². The highest BCUT2D eigenvalue weighted by Gasteiger charge is 2.22. The molecule has 0 amide bonds. The van der Waals surface area contributed by atoms with Crippen molar-refractivity contribution in [1.29, 1.82) is 0 Å². The summed E-state index contributed by atoms with van der Waals surface area (Å²) in [4.78, 5) is 0. The molecule has 1 aliphatic heterocycles. The van der Waals surface area contributed by atoms with E-state index in [2.05, 4.69) is 10.2 Å². The lowest BCUT2D eigenvalue weighted by Gasteiger charge is -2.21. The maximum Gasteiger partial charge on any atom is 0.203 e. The number of anilines is 1. The average Bonchev–Trinajstić information content (AvgIpc) is 3.08. The molecule has 0 atom stereocenters. The molecule has 0 radical (unpaired) electrons. The smallest absolute Gasteiger partial charge is 0.203 e. The van der Waals surface area contributed by atoms with E-state index in [0.717, 1.165) is 28.1 Å². The molecule has 0 unspecified atom stereocenters. The first-order valence-electron chi connectivity index (χ1n) is 8.17. The molecule has 0 saturated carbocycles. The number of fused-ring (bicyclic) bond motifs is 1. The lowest BCUT2D eigenvalue weighted by atomic mass is 10.00. The third kappa shape index (κ3) is 2.67. The molecule has 7 heteroatoms. The minimum atomic E-state index is 0.416. The maximum absolute atomic E-state index is 6.13. The number of hydrogen-bond donors (Lipinski definition) is 2. The first kappa shape index (κ1) is 16.1. The highest BCUT2D eigenvalue weighted by Crippen LogP contribution is 2.45. The van der Waals surface area contributed by atoms with Crippen LogP contribution in [0.4, 0.5) is 5.82 Å². The Hall–Kier alpha value is -3.35. The molecular weight excluding hydrogens is 334 g/mol. The molecule has 0 saturated heterocycles. The van der Waals surface area contributed by atoms with E-state index in [1.165, 1.54) is 0 Å².